The molecule has 8 nitrogen and oxygen atoms in total. The van der Waals surface area contributed by atoms with E-state index in [1.807, 2.05) is 20.8 Å². The van der Waals surface area contributed by atoms with Crippen molar-refractivity contribution in [1.82, 2.24) is 10.2 Å². The van der Waals surface area contributed by atoms with E-state index >= 15 is 0 Å². The molecule has 8 heteroatoms. The lowest BCUT2D eigenvalue weighted by atomic mass is 10.1. The predicted molar refractivity (Wildman–Crippen MR) is 117 cm³/mol. The third-order valence-electron chi connectivity index (χ3n) is 5.23. The minimum absolute atomic E-state index is 0.0681. The Bertz CT molecular complexity index is 895. The second-order valence-electron chi connectivity index (χ2n) is 9.36. The highest BCUT2D eigenvalue weighted by Crippen LogP contribution is 2.23. The SMILES string of the molecule is CCCCCc1ccc(C(=O)N2CC(=NOC(C)(C)C)C[C@H]2C(=O)NC2CC2)c(=O)o1. The van der Waals surface area contributed by atoms with Crippen molar-refractivity contribution in [3.8, 4) is 0 Å². The van der Waals surface area contributed by atoms with Gasteiger partial charge in [-0.3, -0.25) is 9.59 Å². The summed E-state index contributed by atoms with van der Waals surface area (Å²) in [5, 5.41) is 7.11. The number of likely N-dealkylation sites (tertiary alicyclic amines) is 1. The molecule has 2 amide bonds. The van der Waals surface area contributed by atoms with E-state index in [1.54, 1.807) is 6.07 Å². The highest BCUT2D eigenvalue weighted by molar-refractivity contribution is 6.05. The molecular formula is C23H33N3O5. The quantitative estimate of drug-likeness (QED) is 0.504. The van der Waals surface area contributed by atoms with Crippen molar-refractivity contribution in [2.45, 2.75) is 90.3 Å². The van der Waals surface area contributed by atoms with E-state index in [2.05, 4.69) is 17.4 Å². The molecule has 0 aromatic carbocycles. The second kappa shape index (κ2) is 9.66. The maximum atomic E-state index is 13.2. The molecule has 1 N–H and O–H groups in total. The van der Waals surface area contributed by atoms with Crippen LogP contribution in [0.4, 0.5) is 0 Å². The number of hydrogen-bond acceptors (Lipinski definition) is 6. The van der Waals surface area contributed by atoms with Crippen LogP contribution in [0.2, 0.25) is 0 Å². The fourth-order valence-electron chi connectivity index (χ4n) is 3.39. The van der Waals surface area contributed by atoms with Gasteiger partial charge in [-0.15, -0.1) is 0 Å². The van der Waals surface area contributed by atoms with Crippen LogP contribution in [-0.4, -0.2) is 46.7 Å². The minimum atomic E-state index is -0.723. The summed E-state index contributed by atoms with van der Waals surface area (Å²) in [5.74, 6) is -0.177. The van der Waals surface area contributed by atoms with E-state index in [0.29, 0.717) is 17.9 Å². The molecule has 0 radical (unpaired) electrons. The number of aryl methyl sites for hydroxylation is 1. The Balaban J connectivity index is 1.78. The van der Waals surface area contributed by atoms with Crippen LogP contribution in [0.5, 0.6) is 0 Å². The topological polar surface area (TPSA) is 101 Å². The standard InChI is InChI=1S/C23H33N3O5/c1-5-6-7-8-17-11-12-18(22(29)30-17)21(28)26-14-16(25-31-23(2,3)4)13-19(26)20(27)24-15-9-10-15/h11-12,15,19H,5-10,13-14H2,1-4H3,(H,24,27)/t19-/m0/s1. The van der Waals surface area contributed by atoms with Crippen molar-refractivity contribution in [2.75, 3.05) is 6.54 Å². The van der Waals surface area contributed by atoms with E-state index in [9.17, 15) is 14.4 Å². The molecule has 2 fully saturated rings. The summed E-state index contributed by atoms with van der Waals surface area (Å²) in [6.45, 7) is 7.86. The number of unbranched alkanes of at least 4 members (excludes halogenated alkanes) is 2. The maximum Gasteiger partial charge on any atom is 0.348 e. The molecule has 1 aromatic heterocycles. The maximum absolute atomic E-state index is 13.2. The van der Waals surface area contributed by atoms with Gasteiger partial charge in [-0.2, -0.15) is 0 Å². The normalized spacial score (nSPS) is 20.2. The lowest BCUT2D eigenvalue weighted by molar-refractivity contribution is -0.124. The van der Waals surface area contributed by atoms with Gasteiger partial charge in [-0.25, -0.2) is 4.79 Å². The Morgan fingerprint density at radius 2 is 2.00 bits per heavy atom. The van der Waals surface area contributed by atoms with Crippen LogP contribution in [0.25, 0.3) is 0 Å². The molecule has 2 heterocycles. The smallest absolute Gasteiger partial charge is 0.348 e. The fourth-order valence-corrected chi connectivity index (χ4v) is 3.39. The molecule has 0 bridgehead atoms. The first kappa shape index (κ1) is 23.0. The van der Waals surface area contributed by atoms with Crippen molar-refractivity contribution in [3.63, 3.8) is 0 Å². The molecule has 0 spiro atoms. The molecule has 2 aliphatic rings. The van der Waals surface area contributed by atoms with Crippen LogP contribution in [0, 0.1) is 0 Å². The van der Waals surface area contributed by atoms with Gasteiger partial charge in [0.25, 0.3) is 5.91 Å². The number of carbonyl (C=O) groups excluding carboxylic acids is 2. The lowest BCUT2D eigenvalue weighted by Crippen LogP contribution is -2.47. The first-order valence-electron chi connectivity index (χ1n) is 11.2. The Hall–Kier alpha value is -2.64. The molecule has 170 valence electrons. The fraction of sp³-hybridized carbons (Fsp3) is 0.652. The first-order valence-corrected chi connectivity index (χ1v) is 11.2. The molecule has 1 atom stereocenters. The Kier molecular flexibility index (Phi) is 7.18. The largest absolute Gasteiger partial charge is 0.427 e. The van der Waals surface area contributed by atoms with Crippen LogP contribution >= 0.6 is 0 Å². The molecule has 3 rings (SSSR count). The van der Waals surface area contributed by atoms with Gasteiger partial charge >= 0.3 is 5.63 Å². The number of rotatable bonds is 8. The van der Waals surface area contributed by atoms with Crippen LogP contribution in [-0.2, 0) is 16.1 Å². The summed E-state index contributed by atoms with van der Waals surface area (Å²) in [6.07, 6.45) is 5.88. The molecule has 0 unspecified atom stereocenters. The molecule has 1 aromatic rings. The highest BCUT2D eigenvalue weighted by atomic mass is 16.6. The first-order chi connectivity index (χ1) is 14.7. The Labute approximate surface area is 183 Å². The third kappa shape index (κ3) is 6.42. The number of hydrogen-bond donors (Lipinski definition) is 1. The molecule has 1 aliphatic carbocycles. The number of oxime groups is 1. The van der Waals surface area contributed by atoms with E-state index < -0.39 is 23.2 Å². The van der Waals surface area contributed by atoms with Crippen molar-refractivity contribution in [1.29, 1.82) is 0 Å². The summed E-state index contributed by atoms with van der Waals surface area (Å²) >= 11 is 0. The molecule has 1 aliphatic heterocycles. The minimum Gasteiger partial charge on any atom is -0.427 e. The number of nitrogens with zero attached hydrogens (tertiary/aromatic N) is 2. The van der Waals surface area contributed by atoms with Gasteiger partial charge in [0.05, 0.1) is 12.3 Å². The molecule has 1 saturated carbocycles. The molecular weight excluding hydrogens is 398 g/mol. The zero-order chi connectivity index (χ0) is 22.6. The summed E-state index contributed by atoms with van der Waals surface area (Å²) in [5.41, 5.74) is -0.622. The van der Waals surface area contributed by atoms with Gasteiger partial charge in [0, 0.05) is 18.9 Å². The average Bonchev–Trinajstić information content (AvgIpc) is 3.40. The zero-order valence-electron chi connectivity index (χ0n) is 18.9. The third-order valence-corrected chi connectivity index (χ3v) is 5.23. The summed E-state index contributed by atoms with van der Waals surface area (Å²) in [7, 11) is 0. The van der Waals surface area contributed by atoms with E-state index in [4.69, 9.17) is 9.25 Å². The number of carbonyl (C=O) groups is 2. The van der Waals surface area contributed by atoms with Crippen LogP contribution in [0.3, 0.4) is 0 Å². The molecule has 1 saturated heterocycles. The van der Waals surface area contributed by atoms with E-state index in [1.165, 1.54) is 11.0 Å². The number of nitrogens with one attached hydrogen (secondary N) is 1. The van der Waals surface area contributed by atoms with Crippen LogP contribution < -0.4 is 10.9 Å². The zero-order valence-corrected chi connectivity index (χ0v) is 18.9. The highest BCUT2D eigenvalue weighted by Gasteiger charge is 2.41. The van der Waals surface area contributed by atoms with Gasteiger partial charge in [0.15, 0.2) is 0 Å². The van der Waals surface area contributed by atoms with Crippen molar-refractivity contribution in [3.05, 3.63) is 33.9 Å². The van der Waals surface area contributed by atoms with Crippen LogP contribution in [0.15, 0.2) is 26.5 Å². The monoisotopic (exact) mass is 431 g/mol. The van der Waals surface area contributed by atoms with Gasteiger partial charge in [0.2, 0.25) is 5.91 Å². The van der Waals surface area contributed by atoms with Crippen LogP contribution in [0.1, 0.15) is 82.3 Å². The van der Waals surface area contributed by atoms with Gasteiger partial charge in [0.1, 0.15) is 23.0 Å². The van der Waals surface area contributed by atoms with Gasteiger partial charge in [-0.1, -0.05) is 24.9 Å². The van der Waals surface area contributed by atoms with Crippen molar-refractivity contribution in [2.24, 2.45) is 5.16 Å². The van der Waals surface area contributed by atoms with E-state index in [0.717, 1.165) is 32.1 Å². The van der Waals surface area contributed by atoms with Crippen molar-refractivity contribution >= 4 is 17.5 Å². The second-order valence-corrected chi connectivity index (χ2v) is 9.36. The lowest BCUT2D eigenvalue weighted by Gasteiger charge is -2.23. The summed E-state index contributed by atoms with van der Waals surface area (Å²) in [4.78, 5) is 45.4. The Morgan fingerprint density at radius 3 is 2.61 bits per heavy atom. The number of amides is 2. The van der Waals surface area contributed by atoms with Crippen molar-refractivity contribution < 1.29 is 18.8 Å². The summed E-state index contributed by atoms with van der Waals surface area (Å²) < 4.78 is 5.37. The average molecular weight is 432 g/mol. The van der Waals surface area contributed by atoms with E-state index in [-0.39, 0.29) is 30.5 Å². The summed E-state index contributed by atoms with van der Waals surface area (Å²) in [6, 6.07) is 2.63. The Morgan fingerprint density at radius 1 is 1.26 bits per heavy atom. The predicted octanol–water partition coefficient (Wildman–Crippen LogP) is 3.04. The molecule has 31 heavy (non-hydrogen) atoms. The van der Waals surface area contributed by atoms with Gasteiger partial charge < -0.3 is 19.5 Å². The van der Waals surface area contributed by atoms with Gasteiger partial charge in [-0.05, 0) is 52.2 Å².